The lowest BCUT2D eigenvalue weighted by Crippen LogP contribution is -2.40. The van der Waals surface area contributed by atoms with E-state index in [2.05, 4.69) is 39.2 Å². The van der Waals surface area contributed by atoms with Crippen LogP contribution in [0.2, 0.25) is 0 Å². The van der Waals surface area contributed by atoms with E-state index in [0.717, 1.165) is 38.5 Å². The fourth-order valence-corrected chi connectivity index (χ4v) is 6.52. The van der Waals surface area contributed by atoms with Crippen molar-refractivity contribution in [3.05, 3.63) is 49.8 Å². The monoisotopic (exact) mass is 816 g/mol. The summed E-state index contributed by atoms with van der Waals surface area (Å²) < 4.78 is 37.9. The molecule has 1 fully saturated rings. The fraction of sp³-hybridized carbons (Fsp3) is 0.800. The van der Waals surface area contributed by atoms with Crippen LogP contribution in [0.3, 0.4) is 0 Å². The third-order valence-electron chi connectivity index (χ3n) is 9.09. The summed E-state index contributed by atoms with van der Waals surface area (Å²) in [6.07, 6.45) is 38.9. The van der Waals surface area contributed by atoms with Crippen molar-refractivity contribution in [2.75, 3.05) is 40.6 Å². The van der Waals surface area contributed by atoms with E-state index in [1.807, 2.05) is 13.0 Å². The third kappa shape index (κ3) is 42.0. The molecule has 1 aliphatic heterocycles. The standard InChI is InChI=1S/C21H40O5.C18H35NO.C6H11O3P/c1-5-7-8-9-10-11-18(23-4)12-14-24-19-15-20(17-22-3)26-21(16-19)25-13-6-2;1-2-3-4-5-6-7-8-9-10-11-12-13-14-15-16-17-18(19)20;1-3-5-8-10(7)9-6-4-2/h6,13,18-21H,5,7-12,14-17H2,1-4H3;7-8H,2-6,9-17H2,1H3,(H2,19,20);3-4,7H,1-2,5-6H2/b13-6-;8-7-;/t18?,19?,20?,21-;;/m0../s1. The van der Waals surface area contributed by atoms with E-state index in [1.54, 1.807) is 32.6 Å². The lowest BCUT2D eigenvalue weighted by molar-refractivity contribution is -0.210. The molecule has 0 bridgehead atoms. The number of amides is 1. The number of hydrogen-bond donors (Lipinski definition) is 2. The second kappa shape index (κ2) is 46.1. The molecule has 3 N–H and O–H groups in total. The van der Waals surface area contributed by atoms with Crippen molar-refractivity contribution >= 4 is 14.5 Å². The predicted octanol–water partition coefficient (Wildman–Crippen LogP) is 12.0. The van der Waals surface area contributed by atoms with E-state index in [0.29, 0.717) is 39.0 Å². The molecule has 0 aromatic heterocycles. The maximum Gasteiger partial charge on any atom is 0.330 e. The van der Waals surface area contributed by atoms with Gasteiger partial charge in [-0.1, -0.05) is 128 Å². The SMILES string of the molecule is C/C=C\O[C@@H]1CC(OCCC(CCCCCCC)OC)CC(COC)O1.C=CCOP(O)OCC=C.CCCCCC/C=C\CCCCCCCCCC(N)=O. The summed E-state index contributed by atoms with van der Waals surface area (Å²) >= 11 is 0. The molecule has 1 saturated heterocycles. The van der Waals surface area contributed by atoms with E-state index in [1.165, 1.54) is 103 Å². The Kier molecular flexibility index (Phi) is 46.5. The minimum absolute atomic E-state index is 0.0193. The van der Waals surface area contributed by atoms with Crippen LogP contribution < -0.4 is 5.73 Å². The molecule has 3 unspecified atom stereocenters. The maximum absolute atomic E-state index is 10.5. The van der Waals surface area contributed by atoms with E-state index in [4.69, 9.17) is 43.4 Å². The predicted molar refractivity (Wildman–Crippen MR) is 234 cm³/mol. The molecule has 10 nitrogen and oxygen atoms in total. The molecule has 0 radical (unpaired) electrons. The Hall–Kier alpha value is -1.62. The average Bonchev–Trinajstić information content (AvgIpc) is 3.19. The molecule has 1 rings (SSSR count). The first-order chi connectivity index (χ1) is 27.3. The topological polar surface area (TPSA) is 128 Å². The Morgan fingerprint density at radius 3 is 1.91 bits per heavy atom. The second-order valence-corrected chi connectivity index (χ2v) is 15.3. The minimum atomic E-state index is -1.73. The van der Waals surface area contributed by atoms with Gasteiger partial charge in [0.1, 0.15) is 0 Å². The number of primary amides is 1. The number of carbonyl (C=O) groups is 1. The first kappa shape index (κ1) is 56.5. The number of ether oxygens (including phenoxy) is 5. The number of hydrogen-bond acceptors (Lipinski definition) is 9. The Balaban J connectivity index is 0. The van der Waals surface area contributed by atoms with Gasteiger partial charge in [0.25, 0.3) is 0 Å². The van der Waals surface area contributed by atoms with Crippen molar-refractivity contribution in [2.24, 2.45) is 5.73 Å². The molecule has 4 atom stereocenters. The van der Waals surface area contributed by atoms with Crippen molar-refractivity contribution in [3.8, 4) is 0 Å². The van der Waals surface area contributed by atoms with Crippen LogP contribution in [0.5, 0.6) is 0 Å². The zero-order chi connectivity index (χ0) is 41.7. The van der Waals surface area contributed by atoms with E-state index in [9.17, 15) is 4.79 Å². The summed E-state index contributed by atoms with van der Waals surface area (Å²) in [6, 6.07) is 0. The van der Waals surface area contributed by atoms with Gasteiger partial charge in [-0.3, -0.25) is 4.79 Å². The van der Waals surface area contributed by atoms with Gasteiger partial charge in [0.2, 0.25) is 12.2 Å². The van der Waals surface area contributed by atoms with Crippen LogP contribution in [-0.2, 0) is 37.5 Å². The van der Waals surface area contributed by atoms with E-state index in [-0.39, 0.29) is 24.4 Å². The van der Waals surface area contributed by atoms with Crippen LogP contribution in [0.4, 0.5) is 0 Å². The number of methoxy groups -OCH3 is 2. The molecule has 1 amide bonds. The van der Waals surface area contributed by atoms with Crippen LogP contribution in [-0.4, -0.2) is 76.0 Å². The van der Waals surface area contributed by atoms with Crippen molar-refractivity contribution < 1.29 is 42.4 Å². The Bertz CT molecular complexity index is 895. The van der Waals surface area contributed by atoms with Gasteiger partial charge in [0, 0.05) is 40.1 Å². The molecular weight excluding hydrogens is 729 g/mol. The zero-order valence-corrected chi connectivity index (χ0v) is 37.4. The number of rotatable bonds is 36. The zero-order valence-electron chi connectivity index (χ0n) is 36.5. The lowest BCUT2D eigenvalue weighted by Gasteiger charge is -2.34. The quantitative estimate of drug-likeness (QED) is 0.0275. The number of carbonyl (C=O) groups excluding carboxylic acids is 1. The van der Waals surface area contributed by atoms with Crippen molar-refractivity contribution in [2.45, 2.75) is 193 Å². The van der Waals surface area contributed by atoms with Gasteiger partial charge in [0.15, 0.2) is 0 Å². The molecular formula is C45H86NO9P. The molecule has 330 valence electrons. The Morgan fingerprint density at radius 2 is 1.38 bits per heavy atom. The first-order valence-electron chi connectivity index (χ1n) is 21.8. The highest BCUT2D eigenvalue weighted by Gasteiger charge is 2.31. The number of allylic oxidation sites excluding steroid dienone is 3. The second-order valence-electron chi connectivity index (χ2n) is 14.3. The Labute approximate surface area is 345 Å². The highest BCUT2D eigenvalue weighted by Crippen LogP contribution is 2.32. The van der Waals surface area contributed by atoms with Gasteiger partial charge in [0.05, 0.1) is 44.4 Å². The van der Waals surface area contributed by atoms with Gasteiger partial charge in [-0.05, 0) is 51.9 Å². The molecule has 56 heavy (non-hydrogen) atoms. The summed E-state index contributed by atoms with van der Waals surface area (Å²) in [5, 5.41) is 0. The first-order valence-corrected chi connectivity index (χ1v) is 22.9. The number of unbranched alkanes of at least 4 members (excludes halogenated alkanes) is 15. The fourth-order valence-electron chi connectivity index (χ4n) is 5.97. The summed E-state index contributed by atoms with van der Waals surface area (Å²) in [5.74, 6) is -0.161. The van der Waals surface area contributed by atoms with Gasteiger partial charge in [-0.25, -0.2) is 0 Å². The van der Waals surface area contributed by atoms with Crippen molar-refractivity contribution in [1.29, 1.82) is 0 Å². The molecule has 0 saturated carbocycles. The average molecular weight is 816 g/mol. The molecule has 0 spiro atoms. The van der Waals surface area contributed by atoms with E-state index < -0.39 is 8.60 Å². The molecule has 1 aliphatic rings. The van der Waals surface area contributed by atoms with Gasteiger partial charge >= 0.3 is 8.60 Å². The minimum Gasteiger partial charge on any atom is -0.473 e. The normalized spacial score (nSPS) is 17.3. The lowest BCUT2D eigenvalue weighted by atomic mass is 10.0. The molecule has 1 heterocycles. The van der Waals surface area contributed by atoms with Crippen molar-refractivity contribution in [1.82, 2.24) is 0 Å². The van der Waals surface area contributed by atoms with E-state index >= 15 is 0 Å². The maximum atomic E-state index is 10.5. The highest BCUT2D eigenvalue weighted by atomic mass is 31.2. The van der Waals surface area contributed by atoms with Crippen LogP contribution in [0.25, 0.3) is 0 Å². The van der Waals surface area contributed by atoms with Crippen LogP contribution in [0, 0.1) is 0 Å². The summed E-state index contributed by atoms with van der Waals surface area (Å²) in [6.45, 7) is 15.1. The Morgan fingerprint density at radius 1 is 0.821 bits per heavy atom. The molecule has 0 aromatic carbocycles. The summed E-state index contributed by atoms with van der Waals surface area (Å²) in [7, 11) is 1.77. The number of nitrogens with two attached hydrogens (primary N) is 1. The van der Waals surface area contributed by atoms with Crippen LogP contribution in [0.15, 0.2) is 49.8 Å². The smallest absolute Gasteiger partial charge is 0.330 e. The van der Waals surface area contributed by atoms with Crippen LogP contribution >= 0.6 is 8.60 Å². The third-order valence-corrected chi connectivity index (χ3v) is 9.83. The molecule has 11 heteroatoms. The molecule has 0 aromatic rings. The van der Waals surface area contributed by atoms with Crippen LogP contribution in [0.1, 0.15) is 168 Å². The molecule has 0 aliphatic carbocycles. The van der Waals surface area contributed by atoms with Gasteiger partial charge < -0.3 is 43.4 Å². The highest BCUT2D eigenvalue weighted by molar-refractivity contribution is 7.40. The van der Waals surface area contributed by atoms with Gasteiger partial charge in [-0.2, -0.15) is 0 Å². The summed E-state index contributed by atoms with van der Waals surface area (Å²) in [5.41, 5.74) is 5.10. The van der Waals surface area contributed by atoms with Gasteiger partial charge in [-0.15, -0.1) is 13.2 Å². The van der Waals surface area contributed by atoms with Crippen molar-refractivity contribution in [3.63, 3.8) is 0 Å². The summed E-state index contributed by atoms with van der Waals surface area (Å²) in [4.78, 5) is 19.4. The largest absolute Gasteiger partial charge is 0.473 e.